The lowest BCUT2D eigenvalue weighted by Gasteiger charge is -2.05. The van der Waals surface area contributed by atoms with Crippen molar-refractivity contribution >= 4 is 17.3 Å². The summed E-state index contributed by atoms with van der Waals surface area (Å²) in [5, 5.41) is 21.6. The number of hydrogen-bond donors (Lipinski definition) is 1. The van der Waals surface area contributed by atoms with Crippen LogP contribution in [0.4, 0.5) is 11.4 Å². The first kappa shape index (κ1) is 18.2. The Kier molecular flexibility index (Phi) is 5.25. The quantitative estimate of drug-likeness (QED) is 0.524. The van der Waals surface area contributed by atoms with Crippen molar-refractivity contribution in [3.63, 3.8) is 0 Å². The van der Waals surface area contributed by atoms with E-state index in [-0.39, 0.29) is 24.4 Å². The Labute approximate surface area is 155 Å². The number of aryl methyl sites for hydroxylation is 3. The highest BCUT2D eigenvalue weighted by Crippen LogP contribution is 2.23. The van der Waals surface area contributed by atoms with E-state index in [4.69, 9.17) is 4.42 Å². The van der Waals surface area contributed by atoms with Crippen LogP contribution in [0.3, 0.4) is 0 Å². The van der Waals surface area contributed by atoms with Crippen LogP contribution in [0.1, 0.15) is 23.4 Å². The second kappa shape index (κ2) is 7.77. The summed E-state index contributed by atoms with van der Waals surface area (Å²) >= 11 is 0. The van der Waals surface area contributed by atoms with E-state index in [1.807, 2.05) is 31.2 Å². The summed E-state index contributed by atoms with van der Waals surface area (Å²) in [5.74, 6) is 0.471. The molecule has 0 saturated heterocycles. The minimum absolute atomic E-state index is 0.0348. The van der Waals surface area contributed by atoms with E-state index in [0.717, 1.165) is 11.1 Å². The lowest BCUT2D eigenvalue weighted by Crippen LogP contribution is -2.12. The van der Waals surface area contributed by atoms with Gasteiger partial charge in [0.15, 0.2) is 0 Å². The molecule has 0 fully saturated rings. The number of hydrogen-bond acceptors (Lipinski definition) is 6. The van der Waals surface area contributed by atoms with Gasteiger partial charge in [-0.25, -0.2) is 0 Å². The Hall–Kier alpha value is -3.55. The van der Waals surface area contributed by atoms with Crippen LogP contribution >= 0.6 is 0 Å². The molecule has 1 heterocycles. The molecule has 1 aromatic heterocycles. The van der Waals surface area contributed by atoms with Crippen LogP contribution in [0.2, 0.25) is 0 Å². The van der Waals surface area contributed by atoms with Crippen molar-refractivity contribution in [2.24, 2.45) is 0 Å². The SMILES string of the molecule is Cc1ccc(-c2nnc(CCC(=O)Nc3ccc(C)c([N+](=O)[O-])c3)o2)cc1. The van der Waals surface area contributed by atoms with Crippen LogP contribution in [-0.2, 0) is 11.2 Å². The zero-order valence-corrected chi connectivity index (χ0v) is 14.9. The molecule has 1 amide bonds. The number of nitrogens with one attached hydrogen (secondary N) is 1. The Bertz CT molecular complexity index is 980. The normalized spacial score (nSPS) is 10.6. The van der Waals surface area contributed by atoms with Crippen molar-refractivity contribution in [1.82, 2.24) is 10.2 Å². The van der Waals surface area contributed by atoms with Crippen molar-refractivity contribution in [1.29, 1.82) is 0 Å². The van der Waals surface area contributed by atoms with Crippen LogP contribution in [0, 0.1) is 24.0 Å². The standard InChI is InChI=1S/C19H18N4O4/c1-12-3-6-14(7-4-12)19-22-21-18(27-19)10-9-17(24)20-15-8-5-13(2)16(11-15)23(25)26/h3-8,11H,9-10H2,1-2H3,(H,20,24). The van der Waals surface area contributed by atoms with Gasteiger partial charge in [-0.3, -0.25) is 14.9 Å². The van der Waals surface area contributed by atoms with Crippen LogP contribution in [-0.4, -0.2) is 21.0 Å². The molecule has 0 aliphatic heterocycles. The minimum atomic E-state index is -0.476. The Morgan fingerprint density at radius 3 is 2.59 bits per heavy atom. The molecule has 3 rings (SSSR count). The molecule has 0 spiro atoms. The van der Waals surface area contributed by atoms with Crippen LogP contribution in [0.5, 0.6) is 0 Å². The molecule has 0 aliphatic rings. The summed E-state index contributed by atoms with van der Waals surface area (Å²) in [5.41, 5.74) is 2.82. The number of benzene rings is 2. The van der Waals surface area contributed by atoms with E-state index in [1.165, 1.54) is 6.07 Å². The van der Waals surface area contributed by atoms with Gasteiger partial charge < -0.3 is 9.73 Å². The zero-order chi connectivity index (χ0) is 19.4. The van der Waals surface area contributed by atoms with E-state index >= 15 is 0 Å². The second-order valence-corrected chi connectivity index (χ2v) is 6.17. The number of nitro benzene ring substituents is 1. The summed E-state index contributed by atoms with van der Waals surface area (Å²) < 4.78 is 5.58. The number of carbonyl (C=O) groups excluding carboxylic acids is 1. The van der Waals surface area contributed by atoms with Crippen molar-refractivity contribution in [2.75, 3.05) is 5.32 Å². The maximum atomic E-state index is 12.1. The van der Waals surface area contributed by atoms with Crippen molar-refractivity contribution in [3.05, 3.63) is 69.6 Å². The first-order chi connectivity index (χ1) is 12.9. The third kappa shape index (κ3) is 4.55. The molecule has 0 atom stereocenters. The van der Waals surface area contributed by atoms with E-state index in [2.05, 4.69) is 15.5 Å². The number of anilines is 1. The van der Waals surface area contributed by atoms with Gasteiger partial charge in [-0.2, -0.15) is 0 Å². The van der Waals surface area contributed by atoms with Gasteiger partial charge in [0.05, 0.1) is 4.92 Å². The van der Waals surface area contributed by atoms with Crippen molar-refractivity contribution in [2.45, 2.75) is 26.7 Å². The molecule has 0 aliphatic carbocycles. The smallest absolute Gasteiger partial charge is 0.274 e. The van der Waals surface area contributed by atoms with Gasteiger partial charge in [0, 0.05) is 35.7 Å². The Morgan fingerprint density at radius 1 is 1.15 bits per heavy atom. The van der Waals surface area contributed by atoms with E-state index in [0.29, 0.717) is 23.0 Å². The monoisotopic (exact) mass is 366 g/mol. The molecular formula is C19H18N4O4. The highest BCUT2D eigenvalue weighted by atomic mass is 16.6. The molecule has 8 nitrogen and oxygen atoms in total. The van der Waals surface area contributed by atoms with Gasteiger partial charge >= 0.3 is 0 Å². The molecule has 0 radical (unpaired) electrons. The summed E-state index contributed by atoms with van der Waals surface area (Å²) in [6.07, 6.45) is 0.399. The molecule has 8 heteroatoms. The maximum absolute atomic E-state index is 12.1. The van der Waals surface area contributed by atoms with Gasteiger partial charge in [0.2, 0.25) is 17.7 Å². The largest absolute Gasteiger partial charge is 0.421 e. The van der Waals surface area contributed by atoms with E-state index in [9.17, 15) is 14.9 Å². The van der Waals surface area contributed by atoms with Gasteiger partial charge in [-0.05, 0) is 32.0 Å². The predicted molar refractivity (Wildman–Crippen MR) is 99.3 cm³/mol. The average Bonchev–Trinajstić information content (AvgIpc) is 3.11. The van der Waals surface area contributed by atoms with Crippen LogP contribution in [0.25, 0.3) is 11.5 Å². The molecule has 0 bridgehead atoms. The number of nitro groups is 1. The summed E-state index contributed by atoms with van der Waals surface area (Å²) in [6.45, 7) is 3.63. The summed E-state index contributed by atoms with van der Waals surface area (Å²) in [6, 6.07) is 12.3. The molecule has 2 aromatic carbocycles. The van der Waals surface area contributed by atoms with E-state index in [1.54, 1.807) is 19.1 Å². The third-order valence-corrected chi connectivity index (χ3v) is 4.02. The van der Waals surface area contributed by atoms with Gasteiger partial charge in [-0.15, -0.1) is 10.2 Å². The second-order valence-electron chi connectivity index (χ2n) is 6.17. The maximum Gasteiger partial charge on any atom is 0.274 e. The lowest BCUT2D eigenvalue weighted by atomic mass is 10.1. The number of rotatable bonds is 6. The fourth-order valence-electron chi connectivity index (χ4n) is 2.50. The lowest BCUT2D eigenvalue weighted by molar-refractivity contribution is -0.385. The van der Waals surface area contributed by atoms with Crippen LogP contribution < -0.4 is 5.32 Å². The fraction of sp³-hybridized carbons (Fsp3) is 0.211. The number of aromatic nitrogens is 2. The van der Waals surface area contributed by atoms with Crippen LogP contribution in [0.15, 0.2) is 46.9 Å². The highest BCUT2D eigenvalue weighted by molar-refractivity contribution is 5.91. The highest BCUT2D eigenvalue weighted by Gasteiger charge is 2.14. The van der Waals surface area contributed by atoms with Gasteiger partial charge in [0.1, 0.15) is 0 Å². The molecule has 138 valence electrons. The average molecular weight is 366 g/mol. The molecule has 1 N–H and O–H groups in total. The van der Waals surface area contributed by atoms with Crippen molar-refractivity contribution in [3.8, 4) is 11.5 Å². The van der Waals surface area contributed by atoms with Crippen molar-refractivity contribution < 1.29 is 14.1 Å². The van der Waals surface area contributed by atoms with Gasteiger partial charge in [0.25, 0.3) is 5.69 Å². The molecule has 0 unspecified atom stereocenters. The van der Waals surface area contributed by atoms with Gasteiger partial charge in [-0.1, -0.05) is 23.8 Å². The number of carbonyl (C=O) groups is 1. The predicted octanol–water partition coefficient (Wildman–Crippen LogP) is 3.83. The summed E-state index contributed by atoms with van der Waals surface area (Å²) in [7, 11) is 0. The molecule has 0 saturated carbocycles. The van der Waals surface area contributed by atoms with E-state index < -0.39 is 4.92 Å². The fourth-order valence-corrected chi connectivity index (χ4v) is 2.50. The minimum Gasteiger partial charge on any atom is -0.421 e. The Morgan fingerprint density at radius 2 is 1.89 bits per heavy atom. The summed E-state index contributed by atoms with van der Waals surface area (Å²) in [4.78, 5) is 22.6. The topological polar surface area (TPSA) is 111 Å². The first-order valence-corrected chi connectivity index (χ1v) is 8.36. The zero-order valence-electron chi connectivity index (χ0n) is 14.9. The Balaban J connectivity index is 1.59. The molecular weight excluding hydrogens is 348 g/mol. The number of amides is 1. The first-order valence-electron chi connectivity index (χ1n) is 8.36. The third-order valence-electron chi connectivity index (χ3n) is 4.02. The molecule has 27 heavy (non-hydrogen) atoms. The molecule has 3 aromatic rings. The number of nitrogens with zero attached hydrogens (tertiary/aromatic N) is 3.